The molecule has 2 aliphatic heterocycles. The zero-order valence-corrected chi connectivity index (χ0v) is 23.3. The third kappa shape index (κ3) is 5.45. The minimum Gasteiger partial charge on any atom is -0.489 e. The summed E-state index contributed by atoms with van der Waals surface area (Å²) >= 11 is 0. The fourth-order valence-corrected chi connectivity index (χ4v) is 8.06. The summed E-state index contributed by atoms with van der Waals surface area (Å²) in [5.74, 6) is 3.37. The van der Waals surface area contributed by atoms with Gasteiger partial charge in [0.1, 0.15) is 23.9 Å². The molecular weight excluding hydrogens is 446 g/mol. The number of likely N-dealkylation sites (tertiary alicyclic amines) is 1. The van der Waals surface area contributed by atoms with E-state index in [0.717, 1.165) is 37.9 Å². The Balaban J connectivity index is 1.38. The van der Waals surface area contributed by atoms with Crippen molar-refractivity contribution in [3.05, 3.63) is 47.8 Å². The number of ketones is 1. The molecule has 0 aromatic carbocycles. The van der Waals surface area contributed by atoms with Crippen LogP contribution in [-0.2, 0) is 9.53 Å². The highest BCUT2D eigenvalue weighted by Crippen LogP contribution is 2.53. The van der Waals surface area contributed by atoms with Crippen LogP contribution in [0.4, 0.5) is 0 Å². The quantitative estimate of drug-likeness (QED) is 0.375. The van der Waals surface area contributed by atoms with E-state index in [9.17, 15) is 9.90 Å². The molecule has 0 amide bonds. The van der Waals surface area contributed by atoms with Crippen molar-refractivity contribution in [2.75, 3.05) is 13.6 Å². The largest absolute Gasteiger partial charge is 0.489 e. The molecule has 0 aromatic rings. The molecule has 1 saturated carbocycles. The third-order valence-electron chi connectivity index (χ3n) is 9.86. The van der Waals surface area contributed by atoms with Gasteiger partial charge in [-0.3, -0.25) is 9.69 Å². The molecule has 0 spiro atoms. The lowest BCUT2D eigenvalue weighted by atomic mass is 9.56. The molecule has 2 aliphatic carbocycles. The second-order valence-electron chi connectivity index (χ2n) is 12.4. The Morgan fingerprint density at radius 3 is 2.58 bits per heavy atom. The first-order valence-electron chi connectivity index (χ1n) is 14.6. The summed E-state index contributed by atoms with van der Waals surface area (Å²) in [6, 6.07) is 0. The van der Waals surface area contributed by atoms with Crippen molar-refractivity contribution in [1.82, 2.24) is 4.90 Å². The van der Waals surface area contributed by atoms with Crippen molar-refractivity contribution in [2.24, 2.45) is 35.0 Å². The lowest BCUT2D eigenvalue weighted by Gasteiger charge is -2.50. The highest BCUT2D eigenvalue weighted by atomic mass is 16.5. The van der Waals surface area contributed by atoms with Gasteiger partial charge in [0.15, 0.2) is 0 Å². The zero-order chi connectivity index (χ0) is 25.9. The van der Waals surface area contributed by atoms with Crippen LogP contribution in [0.2, 0.25) is 0 Å². The van der Waals surface area contributed by atoms with E-state index in [1.807, 2.05) is 11.9 Å². The van der Waals surface area contributed by atoms with Gasteiger partial charge in [0, 0.05) is 22.8 Å². The van der Waals surface area contributed by atoms with E-state index in [1.54, 1.807) is 0 Å². The number of carbonyl (C=O) groups excluding carboxylic acids is 1. The molecule has 7 atom stereocenters. The summed E-state index contributed by atoms with van der Waals surface area (Å²) in [4.78, 5) is 15.1. The Hall–Kier alpha value is -1.65. The number of allylic oxidation sites excluding steroid dienone is 6. The van der Waals surface area contributed by atoms with E-state index in [0.29, 0.717) is 30.1 Å². The Kier molecular flexibility index (Phi) is 8.99. The van der Waals surface area contributed by atoms with Crippen molar-refractivity contribution in [3.8, 4) is 0 Å². The summed E-state index contributed by atoms with van der Waals surface area (Å²) in [6.45, 7) is 9.39. The van der Waals surface area contributed by atoms with Gasteiger partial charge in [-0.25, -0.2) is 0 Å². The number of rotatable bonds is 8. The van der Waals surface area contributed by atoms with Gasteiger partial charge in [0.2, 0.25) is 0 Å². The molecule has 0 bridgehead atoms. The molecule has 0 aromatic heterocycles. The van der Waals surface area contributed by atoms with Crippen LogP contribution in [0.5, 0.6) is 0 Å². The van der Waals surface area contributed by atoms with E-state index in [4.69, 9.17) is 4.74 Å². The monoisotopic (exact) mass is 495 g/mol. The molecule has 1 N–H and O–H groups in total. The van der Waals surface area contributed by atoms with Crippen LogP contribution >= 0.6 is 0 Å². The lowest BCUT2D eigenvalue weighted by Crippen LogP contribution is -2.50. The molecule has 4 heteroatoms. The van der Waals surface area contributed by atoms with Crippen molar-refractivity contribution >= 4 is 5.78 Å². The summed E-state index contributed by atoms with van der Waals surface area (Å²) in [6.07, 6.45) is 22.7. The summed E-state index contributed by atoms with van der Waals surface area (Å²) in [5.41, 5.74) is 1.07. The number of hydrogen-bond donors (Lipinski definition) is 1. The van der Waals surface area contributed by atoms with Crippen LogP contribution in [0, 0.1) is 35.0 Å². The molecule has 4 nitrogen and oxygen atoms in total. The number of unbranched alkanes of at least 4 members (excludes halogenated alkanes) is 1. The standard InChI is InChI=1S/C32H49NO3/c1-6-22(24-17-14-18-26-27(34)21-33(5)31(35)32(3,4)30(24)26)15-12-13-20-28-23(7-2)25-16-10-8-9-11-19-29(25)36-28/h8-11,16,19,22-24,26,28,30-31,35H,6-7,12-15,17-18,20-21H2,1-5H3/b9-8+,10-8?,11-9?,16-10-,19-11-,25-16?,29-19?/t22?,23?,24?,26-,28?,30?,31?/m0/s1. The fraction of sp³-hybridized carbons (Fsp3) is 0.719. The van der Waals surface area contributed by atoms with E-state index < -0.39 is 6.23 Å². The van der Waals surface area contributed by atoms with Crippen LogP contribution in [0.15, 0.2) is 47.8 Å². The van der Waals surface area contributed by atoms with Crippen LogP contribution in [0.25, 0.3) is 0 Å². The topological polar surface area (TPSA) is 49.8 Å². The maximum Gasteiger partial charge on any atom is 0.150 e. The van der Waals surface area contributed by atoms with Crippen LogP contribution in [-0.4, -0.2) is 41.7 Å². The van der Waals surface area contributed by atoms with Crippen LogP contribution in [0.3, 0.4) is 0 Å². The first-order chi connectivity index (χ1) is 17.3. The number of carbonyl (C=O) groups is 1. The van der Waals surface area contributed by atoms with Crippen LogP contribution in [0.1, 0.15) is 85.5 Å². The van der Waals surface area contributed by atoms with E-state index in [1.165, 1.54) is 31.3 Å². The van der Waals surface area contributed by atoms with Crippen molar-refractivity contribution in [3.63, 3.8) is 0 Å². The molecule has 2 heterocycles. The van der Waals surface area contributed by atoms with Gasteiger partial charge in [-0.1, -0.05) is 83.8 Å². The number of nitrogens with zero attached hydrogens (tertiary/aromatic N) is 1. The molecule has 200 valence electrons. The predicted molar refractivity (Wildman–Crippen MR) is 147 cm³/mol. The average Bonchev–Trinajstić information content (AvgIpc) is 3.15. The van der Waals surface area contributed by atoms with Crippen LogP contribution < -0.4 is 0 Å². The average molecular weight is 496 g/mol. The molecule has 0 radical (unpaired) electrons. The van der Waals surface area contributed by atoms with E-state index >= 15 is 0 Å². The number of likely N-dealkylation sites (N-methyl/N-ethyl adjacent to an activating group) is 1. The SMILES string of the molecule is CCC(CCCCC1OC2=C(\C=C/C=C/C=C\2)C1CC)C1CCC[C@H]2C(=O)CN(C)C(O)C(C)(C)C12. The van der Waals surface area contributed by atoms with Crippen molar-refractivity contribution in [2.45, 2.75) is 97.8 Å². The normalized spacial score (nSPS) is 37.7. The minimum absolute atomic E-state index is 0.103. The lowest BCUT2D eigenvalue weighted by molar-refractivity contribution is -0.129. The molecule has 36 heavy (non-hydrogen) atoms. The number of fused-ring (bicyclic) bond motifs is 1. The first-order valence-corrected chi connectivity index (χ1v) is 14.6. The van der Waals surface area contributed by atoms with Gasteiger partial charge in [-0.2, -0.15) is 0 Å². The Labute approximate surface area is 219 Å². The highest BCUT2D eigenvalue weighted by molar-refractivity contribution is 5.83. The molecule has 4 aliphatic rings. The van der Waals surface area contributed by atoms with E-state index in [-0.39, 0.29) is 23.4 Å². The predicted octanol–water partition coefficient (Wildman–Crippen LogP) is 6.83. The first kappa shape index (κ1) is 27.4. The molecular formula is C32H49NO3. The number of Topliss-reactive ketones (excluding diaryl/α,β-unsaturated/α-hetero) is 1. The van der Waals surface area contributed by atoms with Gasteiger partial charge in [0.05, 0.1) is 6.54 Å². The Morgan fingerprint density at radius 2 is 1.86 bits per heavy atom. The summed E-state index contributed by atoms with van der Waals surface area (Å²) < 4.78 is 6.44. The van der Waals surface area contributed by atoms with Gasteiger partial charge in [-0.15, -0.1) is 0 Å². The Bertz CT molecular complexity index is 897. The number of aliphatic hydroxyl groups excluding tert-OH is 1. The summed E-state index contributed by atoms with van der Waals surface area (Å²) in [5, 5.41) is 11.2. The summed E-state index contributed by atoms with van der Waals surface area (Å²) in [7, 11) is 1.90. The number of ether oxygens (including phenoxy) is 1. The third-order valence-corrected chi connectivity index (χ3v) is 9.86. The fourth-order valence-electron chi connectivity index (χ4n) is 8.06. The van der Waals surface area contributed by atoms with Crippen molar-refractivity contribution < 1.29 is 14.6 Å². The molecule has 2 fully saturated rings. The van der Waals surface area contributed by atoms with Gasteiger partial charge < -0.3 is 9.84 Å². The maximum atomic E-state index is 13.2. The molecule has 4 rings (SSSR count). The maximum absolute atomic E-state index is 13.2. The second kappa shape index (κ2) is 11.8. The number of aliphatic hydroxyl groups is 1. The number of hydrogen-bond acceptors (Lipinski definition) is 4. The second-order valence-corrected chi connectivity index (χ2v) is 12.4. The molecule has 6 unspecified atom stereocenters. The van der Waals surface area contributed by atoms with Gasteiger partial charge in [0.25, 0.3) is 0 Å². The van der Waals surface area contributed by atoms with E-state index in [2.05, 4.69) is 64.2 Å². The minimum atomic E-state index is -0.565. The Morgan fingerprint density at radius 1 is 1.11 bits per heavy atom. The molecule has 1 saturated heterocycles. The smallest absolute Gasteiger partial charge is 0.150 e. The zero-order valence-electron chi connectivity index (χ0n) is 23.3. The van der Waals surface area contributed by atoms with Gasteiger partial charge in [-0.05, 0) is 63.0 Å². The van der Waals surface area contributed by atoms with Crippen molar-refractivity contribution in [1.29, 1.82) is 0 Å². The highest BCUT2D eigenvalue weighted by Gasteiger charge is 2.53. The van der Waals surface area contributed by atoms with Gasteiger partial charge >= 0.3 is 0 Å².